The molecule has 1 aromatic heterocycles. The molecular weight excluding hydrogens is 182 g/mol. The number of aromatic nitrogens is 2. The molecule has 0 amide bonds. The number of aromatic amines is 2. The summed E-state index contributed by atoms with van der Waals surface area (Å²) in [5, 5.41) is 0. The summed E-state index contributed by atoms with van der Waals surface area (Å²) in [5.41, 5.74) is 5.74. The quantitative estimate of drug-likeness (QED) is 0.572. The lowest BCUT2D eigenvalue weighted by atomic mass is 10.0. The Morgan fingerprint density at radius 2 is 2.07 bits per heavy atom. The predicted molar refractivity (Wildman–Crippen MR) is 52.3 cm³/mol. The van der Waals surface area contributed by atoms with Crippen molar-refractivity contribution < 1.29 is 0 Å². The van der Waals surface area contributed by atoms with Crippen molar-refractivity contribution in [3.8, 4) is 0 Å². The first-order valence-corrected chi connectivity index (χ1v) is 4.76. The van der Waals surface area contributed by atoms with Crippen molar-refractivity contribution in [3.63, 3.8) is 0 Å². The second-order valence-electron chi connectivity index (χ2n) is 3.74. The Balaban J connectivity index is 2.41. The highest BCUT2D eigenvalue weighted by atomic mass is 16.2. The van der Waals surface area contributed by atoms with E-state index < -0.39 is 5.69 Å². The van der Waals surface area contributed by atoms with E-state index in [9.17, 15) is 9.59 Å². The molecule has 0 aromatic carbocycles. The average molecular weight is 195 g/mol. The maximum atomic E-state index is 11.1. The van der Waals surface area contributed by atoms with E-state index in [1.54, 1.807) is 0 Å². The van der Waals surface area contributed by atoms with Crippen LogP contribution in [0.25, 0.3) is 0 Å². The van der Waals surface area contributed by atoms with E-state index in [-0.39, 0.29) is 17.5 Å². The predicted octanol–water partition coefficient (Wildman–Crippen LogP) is -0.342. The summed E-state index contributed by atoms with van der Waals surface area (Å²) in [6.07, 6.45) is 2.96. The van der Waals surface area contributed by atoms with E-state index in [0.29, 0.717) is 5.69 Å². The third kappa shape index (κ3) is 1.63. The molecule has 76 valence electrons. The van der Waals surface area contributed by atoms with Gasteiger partial charge in [0.05, 0.1) is 0 Å². The smallest absolute Gasteiger partial charge is 0.325 e. The van der Waals surface area contributed by atoms with E-state index in [4.69, 9.17) is 5.73 Å². The Morgan fingerprint density at radius 3 is 2.64 bits per heavy atom. The van der Waals surface area contributed by atoms with Crippen LogP contribution in [0.3, 0.4) is 0 Å². The van der Waals surface area contributed by atoms with E-state index in [2.05, 4.69) is 9.97 Å². The van der Waals surface area contributed by atoms with Gasteiger partial charge in [-0.25, -0.2) is 4.79 Å². The molecule has 14 heavy (non-hydrogen) atoms. The topological polar surface area (TPSA) is 91.7 Å². The van der Waals surface area contributed by atoms with Gasteiger partial charge in [-0.2, -0.15) is 0 Å². The molecule has 2 unspecified atom stereocenters. The van der Waals surface area contributed by atoms with Gasteiger partial charge in [-0.3, -0.25) is 9.78 Å². The maximum Gasteiger partial charge on any atom is 0.325 e. The number of nitrogens with one attached hydrogen (secondary N) is 2. The van der Waals surface area contributed by atoms with Crippen molar-refractivity contribution in [2.24, 2.45) is 5.73 Å². The van der Waals surface area contributed by atoms with Gasteiger partial charge in [0.2, 0.25) is 0 Å². The molecule has 0 radical (unpaired) electrons. The molecule has 0 bridgehead atoms. The van der Waals surface area contributed by atoms with Gasteiger partial charge in [0.15, 0.2) is 0 Å². The summed E-state index contributed by atoms with van der Waals surface area (Å²) in [6, 6.07) is 1.49. The molecule has 1 fully saturated rings. The first-order valence-electron chi connectivity index (χ1n) is 4.76. The van der Waals surface area contributed by atoms with Gasteiger partial charge in [0.1, 0.15) is 0 Å². The van der Waals surface area contributed by atoms with Crippen molar-refractivity contribution in [3.05, 3.63) is 32.6 Å². The van der Waals surface area contributed by atoms with Crippen LogP contribution in [-0.4, -0.2) is 16.0 Å². The van der Waals surface area contributed by atoms with Crippen LogP contribution < -0.4 is 17.0 Å². The highest BCUT2D eigenvalue weighted by Gasteiger charge is 2.26. The number of nitrogens with two attached hydrogens (primary N) is 1. The Morgan fingerprint density at radius 1 is 1.29 bits per heavy atom. The molecule has 5 nitrogen and oxygen atoms in total. The molecule has 4 N–H and O–H groups in total. The third-order valence-electron chi connectivity index (χ3n) is 2.75. The van der Waals surface area contributed by atoms with Crippen molar-refractivity contribution in [2.75, 3.05) is 0 Å². The second kappa shape index (κ2) is 3.42. The standard InChI is InChI=1S/C9H13N3O2/c10-6-3-1-2-5(6)7-4-8(13)12-9(14)11-7/h4-6H,1-3,10H2,(H2,11,12,13,14). The van der Waals surface area contributed by atoms with Crippen LogP contribution >= 0.6 is 0 Å². The fourth-order valence-electron chi connectivity index (χ4n) is 2.06. The summed E-state index contributed by atoms with van der Waals surface area (Å²) in [5.74, 6) is 0.130. The van der Waals surface area contributed by atoms with Crippen LogP contribution in [0.1, 0.15) is 30.9 Å². The molecule has 1 aromatic rings. The molecule has 0 aliphatic heterocycles. The zero-order chi connectivity index (χ0) is 10.1. The van der Waals surface area contributed by atoms with Crippen LogP contribution in [0.15, 0.2) is 15.7 Å². The minimum atomic E-state index is -0.452. The van der Waals surface area contributed by atoms with Gasteiger partial charge in [-0.15, -0.1) is 0 Å². The maximum absolute atomic E-state index is 11.1. The highest BCUT2D eigenvalue weighted by Crippen LogP contribution is 2.30. The molecule has 1 heterocycles. The average Bonchev–Trinajstić information content (AvgIpc) is 2.49. The van der Waals surface area contributed by atoms with Crippen molar-refractivity contribution >= 4 is 0 Å². The van der Waals surface area contributed by atoms with Gasteiger partial charge in [-0.05, 0) is 12.8 Å². The summed E-state index contributed by atoms with van der Waals surface area (Å²) in [7, 11) is 0. The largest absolute Gasteiger partial charge is 0.327 e. The van der Waals surface area contributed by atoms with Gasteiger partial charge in [-0.1, -0.05) is 6.42 Å². The molecular formula is C9H13N3O2. The molecule has 1 aliphatic carbocycles. The van der Waals surface area contributed by atoms with Gasteiger partial charge in [0.25, 0.3) is 5.56 Å². The lowest BCUT2D eigenvalue weighted by molar-refractivity contribution is 0.593. The van der Waals surface area contributed by atoms with Crippen molar-refractivity contribution in [1.82, 2.24) is 9.97 Å². The lowest BCUT2D eigenvalue weighted by Crippen LogP contribution is -2.29. The molecule has 1 aliphatic rings. The van der Waals surface area contributed by atoms with Crippen molar-refractivity contribution in [1.29, 1.82) is 0 Å². The molecule has 0 saturated heterocycles. The SMILES string of the molecule is NC1CCCC1c1cc(=O)[nH]c(=O)[nH]1. The Bertz CT molecular complexity index is 406. The van der Waals surface area contributed by atoms with Crippen LogP contribution in [-0.2, 0) is 0 Å². The van der Waals surface area contributed by atoms with E-state index in [0.717, 1.165) is 19.3 Å². The van der Waals surface area contributed by atoms with E-state index in [1.165, 1.54) is 6.07 Å². The lowest BCUT2D eigenvalue weighted by Gasteiger charge is -2.14. The molecule has 2 rings (SSSR count). The van der Waals surface area contributed by atoms with Gasteiger partial charge in [0, 0.05) is 23.7 Å². The number of rotatable bonds is 1. The third-order valence-corrected chi connectivity index (χ3v) is 2.75. The fraction of sp³-hybridized carbons (Fsp3) is 0.556. The van der Waals surface area contributed by atoms with Gasteiger partial charge >= 0.3 is 5.69 Å². The fourth-order valence-corrected chi connectivity index (χ4v) is 2.06. The summed E-state index contributed by atoms with van der Waals surface area (Å²) >= 11 is 0. The summed E-state index contributed by atoms with van der Waals surface area (Å²) < 4.78 is 0. The first-order chi connectivity index (χ1) is 6.66. The van der Waals surface area contributed by atoms with Gasteiger partial charge < -0.3 is 10.7 Å². The highest BCUT2D eigenvalue weighted by molar-refractivity contribution is 5.11. The molecule has 2 atom stereocenters. The minimum absolute atomic E-state index is 0.0625. The number of hydrogen-bond donors (Lipinski definition) is 3. The van der Waals surface area contributed by atoms with E-state index >= 15 is 0 Å². The van der Waals surface area contributed by atoms with Crippen LogP contribution in [0.4, 0.5) is 0 Å². The van der Waals surface area contributed by atoms with Crippen LogP contribution in [0.2, 0.25) is 0 Å². The van der Waals surface area contributed by atoms with Crippen LogP contribution in [0, 0.1) is 0 Å². The Kier molecular flexibility index (Phi) is 2.25. The molecule has 5 heteroatoms. The van der Waals surface area contributed by atoms with E-state index in [1.807, 2.05) is 0 Å². The summed E-state index contributed by atoms with van der Waals surface area (Å²) in [4.78, 5) is 26.9. The zero-order valence-corrected chi connectivity index (χ0v) is 7.75. The molecule has 0 spiro atoms. The van der Waals surface area contributed by atoms with Crippen molar-refractivity contribution in [2.45, 2.75) is 31.2 Å². The van der Waals surface area contributed by atoms with Crippen LogP contribution in [0.5, 0.6) is 0 Å². The zero-order valence-electron chi connectivity index (χ0n) is 7.75. The second-order valence-corrected chi connectivity index (χ2v) is 3.74. The minimum Gasteiger partial charge on any atom is -0.327 e. The normalized spacial score (nSPS) is 26.6. The number of hydrogen-bond acceptors (Lipinski definition) is 3. The summed E-state index contributed by atoms with van der Waals surface area (Å²) in [6.45, 7) is 0. The Labute approximate surface area is 80.4 Å². The molecule has 1 saturated carbocycles. The first kappa shape index (κ1) is 9.21. The number of H-pyrrole nitrogens is 2. The Hall–Kier alpha value is -1.36. The monoisotopic (exact) mass is 195 g/mol.